The summed E-state index contributed by atoms with van der Waals surface area (Å²) in [5, 5.41) is 2.95. The number of hydrogen-bond acceptors (Lipinski definition) is 2. The predicted octanol–water partition coefficient (Wildman–Crippen LogP) is 1.42. The number of aromatic nitrogens is 1. The van der Waals surface area contributed by atoms with Gasteiger partial charge in [-0.15, -0.1) is 0 Å². The Morgan fingerprint density at radius 3 is 2.76 bits per heavy atom. The Balaban J connectivity index is 1.90. The Morgan fingerprint density at radius 2 is 2.18 bits per heavy atom. The first-order chi connectivity index (χ1) is 8.11. The molecule has 4 heteroatoms. The summed E-state index contributed by atoms with van der Waals surface area (Å²) in [6.45, 7) is 0.580. The highest BCUT2D eigenvalue weighted by Crippen LogP contribution is 2.25. The smallest absolute Gasteiger partial charge is 0.267 e. The Hall–Kier alpha value is -1.29. The quantitative estimate of drug-likeness (QED) is 0.832. The van der Waals surface area contributed by atoms with Crippen molar-refractivity contribution in [2.24, 2.45) is 12.8 Å². The number of amides is 1. The lowest BCUT2D eigenvalue weighted by atomic mass is 9.82. The van der Waals surface area contributed by atoms with E-state index in [2.05, 4.69) is 5.32 Å². The van der Waals surface area contributed by atoms with Gasteiger partial charge in [0.1, 0.15) is 5.69 Å². The molecule has 1 aliphatic rings. The molecule has 0 aromatic carbocycles. The van der Waals surface area contributed by atoms with Crippen molar-refractivity contribution in [3.63, 3.8) is 0 Å². The van der Waals surface area contributed by atoms with Crippen LogP contribution in [0.3, 0.4) is 0 Å². The molecule has 1 aromatic heterocycles. The first-order valence-electron chi connectivity index (χ1n) is 6.29. The Labute approximate surface area is 102 Å². The lowest BCUT2D eigenvalue weighted by Crippen LogP contribution is -2.51. The van der Waals surface area contributed by atoms with Crippen molar-refractivity contribution in [1.82, 2.24) is 9.88 Å². The van der Waals surface area contributed by atoms with E-state index in [4.69, 9.17) is 5.73 Å². The number of nitrogens with two attached hydrogens (primary N) is 1. The van der Waals surface area contributed by atoms with Gasteiger partial charge in [0.25, 0.3) is 5.91 Å². The van der Waals surface area contributed by atoms with Crippen molar-refractivity contribution >= 4 is 5.91 Å². The number of aryl methyl sites for hydroxylation is 1. The first kappa shape index (κ1) is 12.2. The molecule has 4 nitrogen and oxygen atoms in total. The van der Waals surface area contributed by atoms with Crippen molar-refractivity contribution in [3.05, 3.63) is 24.0 Å². The standard InChI is InChI=1S/C13H21N3O/c1-16-9-5-6-11(16)12(17)15-10-13(14)7-3-2-4-8-13/h5-6,9H,2-4,7-8,10,14H2,1H3,(H,15,17). The summed E-state index contributed by atoms with van der Waals surface area (Å²) in [4.78, 5) is 11.9. The van der Waals surface area contributed by atoms with E-state index < -0.39 is 0 Å². The molecule has 0 spiro atoms. The Morgan fingerprint density at radius 1 is 1.47 bits per heavy atom. The maximum atomic E-state index is 11.9. The number of carbonyl (C=O) groups is 1. The highest BCUT2D eigenvalue weighted by Gasteiger charge is 2.27. The average molecular weight is 235 g/mol. The van der Waals surface area contributed by atoms with Gasteiger partial charge in [0.2, 0.25) is 0 Å². The normalized spacial score (nSPS) is 18.9. The van der Waals surface area contributed by atoms with E-state index in [0.717, 1.165) is 12.8 Å². The molecular formula is C13H21N3O. The van der Waals surface area contributed by atoms with Crippen LogP contribution in [0.5, 0.6) is 0 Å². The van der Waals surface area contributed by atoms with E-state index in [1.165, 1.54) is 19.3 Å². The van der Waals surface area contributed by atoms with Crippen molar-refractivity contribution in [1.29, 1.82) is 0 Å². The van der Waals surface area contributed by atoms with Crippen LogP contribution < -0.4 is 11.1 Å². The largest absolute Gasteiger partial charge is 0.349 e. The molecule has 1 amide bonds. The number of rotatable bonds is 3. The van der Waals surface area contributed by atoms with Crippen LogP contribution in [0.4, 0.5) is 0 Å². The SMILES string of the molecule is Cn1cccc1C(=O)NCC1(N)CCCCC1. The molecule has 1 aromatic rings. The fourth-order valence-corrected chi connectivity index (χ4v) is 2.48. The maximum absolute atomic E-state index is 11.9. The van der Waals surface area contributed by atoms with Crippen LogP contribution in [0.1, 0.15) is 42.6 Å². The van der Waals surface area contributed by atoms with Gasteiger partial charge < -0.3 is 15.6 Å². The van der Waals surface area contributed by atoms with Crippen LogP contribution in [-0.4, -0.2) is 22.6 Å². The monoisotopic (exact) mass is 235 g/mol. The second-order valence-electron chi connectivity index (χ2n) is 5.11. The summed E-state index contributed by atoms with van der Waals surface area (Å²) in [5.41, 5.74) is 6.77. The zero-order valence-electron chi connectivity index (χ0n) is 10.4. The zero-order valence-corrected chi connectivity index (χ0v) is 10.4. The van der Waals surface area contributed by atoms with Crippen LogP contribution in [0.2, 0.25) is 0 Å². The second kappa shape index (κ2) is 4.92. The van der Waals surface area contributed by atoms with Crippen LogP contribution in [-0.2, 0) is 7.05 Å². The lowest BCUT2D eigenvalue weighted by molar-refractivity contribution is 0.0929. The molecule has 1 heterocycles. The molecule has 1 saturated carbocycles. The molecule has 17 heavy (non-hydrogen) atoms. The molecule has 2 rings (SSSR count). The Kier molecular flexibility index (Phi) is 3.52. The molecule has 0 radical (unpaired) electrons. The van der Waals surface area contributed by atoms with Gasteiger partial charge >= 0.3 is 0 Å². The average Bonchev–Trinajstić information content (AvgIpc) is 2.74. The van der Waals surface area contributed by atoms with Crippen LogP contribution in [0.25, 0.3) is 0 Å². The number of hydrogen-bond donors (Lipinski definition) is 2. The number of nitrogens with one attached hydrogen (secondary N) is 1. The summed E-state index contributed by atoms with van der Waals surface area (Å²) in [5.74, 6) is -0.0344. The van der Waals surface area contributed by atoms with Gasteiger partial charge in [0.15, 0.2) is 0 Å². The van der Waals surface area contributed by atoms with Gasteiger partial charge in [-0.3, -0.25) is 4.79 Å². The highest BCUT2D eigenvalue weighted by atomic mass is 16.1. The molecule has 0 atom stereocenters. The molecule has 0 saturated heterocycles. The van der Waals surface area contributed by atoms with Crippen LogP contribution in [0, 0.1) is 0 Å². The molecule has 3 N–H and O–H groups in total. The van der Waals surface area contributed by atoms with E-state index in [0.29, 0.717) is 12.2 Å². The third-order valence-electron chi connectivity index (χ3n) is 3.63. The number of carbonyl (C=O) groups excluding carboxylic acids is 1. The van der Waals surface area contributed by atoms with Gasteiger partial charge in [-0.1, -0.05) is 19.3 Å². The van der Waals surface area contributed by atoms with Gasteiger partial charge in [-0.25, -0.2) is 0 Å². The fraction of sp³-hybridized carbons (Fsp3) is 0.615. The summed E-state index contributed by atoms with van der Waals surface area (Å²) in [6.07, 6.45) is 7.52. The molecular weight excluding hydrogens is 214 g/mol. The molecule has 0 bridgehead atoms. The molecule has 1 aliphatic carbocycles. The van der Waals surface area contributed by atoms with Crippen molar-refractivity contribution in [3.8, 4) is 0 Å². The van der Waals surface area contributed by atoms with Crippen molar-refractivity contribution < 1.29 is 4.79 Å². The minimum atomic E-state index is -0.195. The van der Waals surface area contributed by atoms with E-state index in [1.807, 2.05) is 29.9 Å². The third-order valence-corrected chi connectivity index (χ3v) is 3.63. The van der Waals surface area contributed by atoms with E-state index in [1.54, 1.807) is 0 Å². The Bertz CT molecular complexity index is 391. The lowest BCUT2D eigenvalue weighted by Gasteiger charge is -2.33. The van der Waals surface area contributed by atoms with E-state index in [9.17, 15) is 4.79 Å². The molecule has 1 fully saturated rings. The van der Waals surface area contributed by atoms with E-state index in [-0.39, 0.29) is 11.4 Å². The van der Waals surface area contributed by atoms with Crippen molar-refractivity contribution in [2.75, 3.05) is 6.54 Å². The van der Waals surface area contributed by atoms with Crippen molar-refractivity contribution in [2.45, 2.75) is 37.6 Å². The summed E-state index contributed by atoms with van der Waals surface area (Å²) in [7, 11) is 1.87. The second-order valence-corrected chi connectivity index (χ2v) is 5.11. The maximum Gasteiger partial charge on any atom is 0.267 e. The summed E-state index contributed by atoms with van der Waals surface area (Å²) < 4.78 is 1.82. The van der Waals surface area contributed by atoms with E-state index >= 15 is 0 Å². The summed E-state index contributed by atoms with van der Waals surface area (Å²) in [6, 6.07) is 3.69. The van der Waals surface area contributed by atoms with Crippen LogP contribution >= 0.6 is 0 Å². The van der Waals surface area contributed by atoms with Gasteiger partial charge in [-0.2, -0.15) is 0 Å². The zero-order chi connectivity index (χ0) is 12.3. The minimum Gasteiger partial charge on any atom is -0.349 e. The number of nitrogens with zero attached hydrogens (tertiary/aromatic N) is 1. The molecule has 94 valence electrons. The first-order valence-corrected chi connectivity index (χ1v) is 6.29. The highest BCUT2D eigenvalue weighted by molar-refractivity contribution is 5.92. The predicted molar refractivity (Wildman–Crippen MR) is 67.7 cm³/mol. The molecule has 0 aliphatic heterocycles. The third kappa shape index (κ3) is 2.88. The van der Waals surface area contributed by atoms with Gasteiger partial charge in [0.05, 0.1) is 0 Å². The summed E-state index contributed by atoms with van der Waals surface area (Å²) >= 11 is 0. The van der Waals surface area contributed by atoms with Gasteiger partial charge in [0, 0.05) is 25.3 Å². The van der Waals surface area contributed by atoms with Gasteiger partial charge in [-0.05, 0) is 25.0 Å². The fourth-order valence-electron chi connectivity index (χ4n) is 2.48. The van der Waals surface area contributed by atoms with Crippen LogP contribution in [0.15, 0.2) is 18.3 Å². The minimum absolute atomic E-state index is 0.0344. The topological polar surface area (TPSA) is 60.0 Å². The molecule has 0 unspecified atom stereocenters.